The minimum absolute atomic E-state index is 0.00602. The van der Waals surface area contributed by atoms with Crippen molar-refractivity contribution in [2.75, 3.05) is 6.61 Å². The number of allylic oxidation sites excluding steroid dienone is 4. The van der Waals surface area contributed by atoms with Crippen molar-refractivity contribution in [2.24, 2.45) is 23.7 Å². The van der Waals surface area contributed by atoms with Gasteiger partial charge in [-0.05, 0) is 49.0 Å². The summed E-state index contributed by atoms with van der Waals surface area (Å²) < 4.78 is 25.4. The second kappa shape index (κ2) is 12.0. The summed E-state index contributed by atoms with van der Waals surface area (Å²) in [6.45, 7) is 11.8. The second-order valence-electron chi connectivity index (χ2n) is 13.0. The van der Waals surface area contributed by atoms with E-state index in [0.717, 1.165) is 6.42 Å². The molecule has 2 bridgehead atoms. The van der Waals surface area contributed by atoms with Crippen LogP contribution in [0.3, 0.4) is 0 Å². The zero-order chi connectivity index (χ0) is 30.4. The lowest BCUT2D eigenvalue weighted by atomic mass is 9.71. The molecule has 2 fully saturated rings. The molecule has 8 nitrogen and oxygen atoms in total. The number of aliphatic hydroxyl groups excluding tert-OH is 1. The number of carbonyl (C=O) groups excluding carboxylic acids is 2. The van der Waals surface area contributed by atoms with Crippen LogP contribution in [0.4, 0.5) is 0 Å². The largest absolute Gasteiger partial charge is 0.462 e. The van der Waals surface area contributed by atoms with E-state index in [2.05, 4.69) is 26.8 Å². The van der Waals surface area contributed by atoms with E-state index in [1.165, 1.54) is 0 Å². The van der Waals surface area contributed by atoms with E-state index < -0.39 is 47.5 Å². The van der Waals surface area contributed by atoms with Gasteiger partial charge in [0.05, 0.1) is 18.8 Å². The molecule has 42 heavy (non-hydrogen) atoms. The summed E-state index contributed by atoms with van der Waals surface area (Å²) in [5.74, 6) is -2.63. The number of esters is 1. The zero-order valence-corrected chi connectivity index (χ0v) is 25.6. The van der Waals surface area contributed by atoms with Crippen LogP contribution in [0.5, 0.6) is 0 Å². The number of Topliss-reactive ketones (excluding diaryl/α,β-unsaturated/α-hetero) is 1. The molecule has 0 saturated carbocycles. The normalized spacial score (nSPS) is 46.5. The SMILES string of the molecule is CC[C@H](C)[C@H]1O[C@]2(C=C[C@@H]1C)C[C@@H]1C[C@@H](C/C=C(\C)C(=O)[C@@H](C)/C=C/C=C3\CO[C@@H]4[C@H](O)C(C)=C[C@@H](C(=O)O1)[C@]34O)O2. The Kier molecular flexibility index (Phi) is 8.85. The maximum Gasteiger partial charge on any atom is 0.316 e. The fourth-order valence-corrected chi connectivity index (χ4v) is 7.04. The van der Waals surface area contributed by atoms with Crippen LogP contribution < -0.4 is 0 Å². The fourth-order valence-electron chi connectivity index (χ4n) is 7.04. The van der Waals surface area contributed by atoms with E-state index in [9.17, 15) is 19.8 Å². The van der Waals surface area contributed by atoms with E-state index >= 15 is 0 Å². The first-order chi connectivity index (χ1) is 19.9. The van der Waals surface area contributed by atoms with E-state index in [-0.39, 0.29) is 30.5 Å². The van der Waals surface area contributed by atoms with Gasteiger partial charge < -0.3 is 29.2 Å². The van der Waals surface area contributed by atoms with Gasteiger partial charge in [-0.15, -0.1) is 0 Å². The lowest BCUT2D eigenvalue weighted by Crippen LogP contribution is -2.58. The molecule has 0 aromatic rings. The van der Waals surface area contributed by atoms with Crippen molar-refractivity contribution in [2.45, 2.75) is 109 Å². The third-order valence-corrected chi connectivity index (χ3v) is 9.86. The van der Waals surface area contributed by atoms with Crippen molar-refractivity contribution in [3.63, 3.8) is 0 Å². The molecular weight excluding hydrogens is 536 g/mol. The first-order valence-corrected chi connectivity index (χ1v) is 15.4. The minimum atomic E-state index is -1.79. The molecule has 1 spiro atoms. The van der Waals surface area contributed by atoms with Gasteiger partial charge >= 0.3 is 5.97 Å². The molecule has 8 heteroatoms. The summed E-state index contributed by atoms with van der Waals surface area (Å²) in [5, 5.41) is 22.9. The molecule has 2 saturated heterocycles. The van der Waals surface area contributed by atoms with Gasteiger partial charge in [-0.2, -0.15) is 0 Å². The summed E-state index contributed by atoms with van der Waals surface area (Å²) in [6, 6.07) is 0. The summed E-state index contributed by atoms with van der Waals surface area (Å²) in [6.07, 6.45) is 11.8. The van der Waals surface area contributed by atoms with Crippen LogP contribution in [0.25, 0.3) is 0 Å². The van der Waals surface area contributed by atoms with Crippen LogP contribution >= 0.6 is 0 Å². The van der Waals surface area contributed by atoms with Gasteiger partial charge in [-0.3, -0.25) is 9.59 Å². The van der Waals surface area contributed by atoms with Crippen LogP contribution in [0.2, 0.25) is 0 Å². The molecule has 0 aromatic heterocycles. The average Bonchev–Trinajstić information content (AvgIpc) is 3.30. The number of carbonyl (C=O) groups is 2. The molecule has 11 atom stereocenters. The first-order valence-electron chi connectivity index (χ1n) is 15.4. The Morgan fingerprint density at radius 2 is 1.88 bits per heavy atom. The Labute approximate surface area is 249 Å². The molecule has 5 aliphatic rings. The Morgan fingerprint density at radius 3 is 2.62 bits per heavy atom. The number of ketones is 1. The van der Waals surface area contributed by atoms with Crippen molar-refractivity contribution in [3.8, 4) is 0 Å². The molecule has 0 amide bonds. The highest BCUT2D eigenvalue weighted by Gasteiger charge is 2.60. The molecule has 2 N–H and O–H groups in total. The van der Waals surface area contributed by atoms with Crippen LogP contribution in [0.15, 0.2) is 59.3 Å². The van der Waals surface area contributed by atoms with E-state index in [1.807, 2.05) is 26.0 Å². The smallest absolute Gasteiger partial charge is 0.316 e. The van der Waals surface area contributed by atoms with Crippen LogP contribution in [0, 0.1) is 23.7 Å². The standard InChI is InChI=1S/C34H46O8/c1-7-19(2)30-22(5)13-14-33(42-30)17-26-16-25(41-33)12-11-21(4)28(35)20(3)9-8-10-24-18-39-31-29(36)23(6)15-27(32(37)40-26)34(24,31)38/h8-11,13-15,19-20,22,25-27,29-31,36,38H,7,12,16-18H2,1-6H3/b9-8+,21-11+,24-10+/t19-,20-,22-,25+,26-,27-,29+,30+,31+,33+,34+/m0/s1. The van der Waals surface area contributed by atoms with Gasteiger partial charge in [-0.1, -0.05) is 70.6 Å². The van der Waals surface area contributed by atoms with Crippen molar-refractivity contribution in [1.29, 1.82) is 0 Å². The number of hydrogen-bond acceptors (Lipinski definition) is 8. The highest BCUT2D eigenvalue weighted by atomic mass is 16.7. The van der Waals surface area contributed by atoms with Gasteiger partial charge in [0.2, 0.25) is 0 Å². The lowest BCUT2D eigenvalue weighted by molar-refractivity contribution is -0.300. The Bertz CT molecular complexity index is 1230. The second-order valence-corrected chi connectivity index (χ2v) is 13.0. The lowest BCUT2D eigenvalue weighted by Gasteiger charge is -2.48. The summed E-state index contributed by atoms with van der Waals surface area (Å²) in [4.78, 5) is 27.1. The average molecular weight is 583 g/mol. The third-order valence-electron chi connectivity index (χ3n) is 9.86. The molecule has 0 radical (unpaired) electrons. The summed E-state index contributed by atoms with van der Waals surface area (Å²) in [7, 11) is 0. The van der Waals surface area contributed by atoms with Crippen LogP contribution in [-0.4, -0.2) is 70.5 Å². The molecule has 4 aliphatic heterocycles. The predicted octanol–water partition coefficient (Wildman–Crippen LogP) is 4.52. The molecule has 230 valence electrons. The summed E-state index contributed by atoms with van der Waals surface area (Å²) in [5.41, 5.74) is -0.157. The maximum absolute atomic E-state index is 13.9. The molecule has 1 aliphatic carbocycles. The van der Waals surface area contributed by atoms with Crippen molar-refractivity contribution < 1.29 is 38.7 Å². The Balaban J connectivity index is 1.55. The van der Waals surface area contributed by atoms with Crippen molar-refractivity contribution >= 4 is 11.8 Å². The highest BCUT2D eigenvalue weighted by Crippen LogP contribution is 2.46. The van der Waals surface area contributed by atoms with Gasteiger partial charge in [0.15, 0.2) is 11.6 Å². The van der Waals surface area contributed by atoms with Gasteiger partial charge in [0.25, 0.3) is 0 Å². The van der Waals surface area contributed by atoms with Gasteiger partial charge in [0.1, 0.15) is 29.8 Å². The third kappa shape index (κ3) is 5.64. The maximum atomic E-state index is 13.9. The molecule has 5 rings (SSSR count). The Morgan fingerprint density at radius 1 is 1.12 bits per heavy atom. The van der Waals surface area contributed by atoms with E-state index in [1.54, 1.807) is 31.2 Å². The molecule has 4 heterocycles. The predicted molar refractivity (Wildman–Crippen MR) is 157 cm³/mol. The fraction of sp³-hybridized carbons (Fsp3) is 0.647. The Hall–Kier alpha value is -2.36. The van der Waals surface area contributed by atoms with Gasteiger partial charge in [0, 0.05) is 24.7 Å². The minimum Gasteiger partial charge on any atom is -0.462 e. The monoisotopic (exact) mass is 582 g/mol. The van der Waals surface area contributed by atoms with Gasteiger partial charge in [-0.25, -0.2) is 0 Å². The number of fused-ring (bicyclic) bond motifs is 2. The highest BCUT2D eigenvalue weighted by molar-refractivity contribution is 5.97. The number of rotatable bonds is 2. The van der Waals surface area contributed by atoms with Crippen LogP contribution in [0.1, 0.15) is 67.2 Å². The number of ether oxygens (including phenoxy) is 4. The summed E-state index contributed by atoms with van der Waals surface area (Å²) >= 11 is 0. The van der Waals surface area contributed by atoms with Crippen molar-refractivity contribution in [1.82, 2.24) is 0 Å². The first kappa shape index (κ1) is 31.1. The zero-order valence-electron chi connectivity index (χ0n) is 25.6. The van der Waals surface area contributed by atoms with E-state index in [4.69, 9.17) is 18.9 Å². The number of hydrogen-bond donors (Lipinski definition) is 2. The number of aliphatic hydroxyl groups is 2. The van der Waals surface area contributed by atoms with E-state index in [0.29, 0.717) is 41.9 Å². The quantitative estimate of drug-likeness (QED) is 0.361. The topological polar surface area (TPSA) is 112 Å². The molecular formula is C34H46O8. The molecule has 0 aromatic carbocycles. The van der Waals surface area contributed by atoms with Crippen molar-refractivity contribution in [3.05, 3.63) is 59.3 Å². The van der Waals surface area contributed by atoms with Crippen LogP contribution in [-0.2, 0) is 28.5 Å². The molecule has 0 unspecified atom stereocenters.